The molecule has 0 radical (unpaired) electrons. The Kier molecular flexibility index (Phi) is 3.86. The number of amides is 1. The lowest BCUT2D eigenvalue weighted by Crippen LogP contribution is -2.36. The Morgan fingerprint density at radius 1 is 1.04 bits per heavy atom. The molecule has 4 rings (SSSR count). The van der Waals surface area contributed by atoms with E-state index in [-0.39, 0.29) is 17.5 Å². The van der Waals surface area contributed by atoms with E-state index in [1.165, 1.54) is 19.3 Å². The fourth-order valence-electron chi connectivity index (χ4n) is 4.07. The average Bonchev–Trinajstić information content (AvgIpc) is 2.98. The molecule has 0 saturated heterocycles. The van der Waals surface area contributed by atoms with Gasteiger partial charge in [0, 0.05) is 25.5 Å². The highest BCUT2D eigenvalue weighted by Crippen LogP contribution is 2.25. The number of nitrogens with zero attached hydrogens (tertiary/aromatic N) is 2. The molecular weight excluding hydrogens is 314 g/mol. The summed E-state index contributed by atoms with van der Waals surface area (Å²) in [5.74, 6) is -0.0864. The molecule has 1 amide bonds. The number of hydrogen-bond donors (Lipinski definition) is 1. The molecule has 1 saturated carbocycles. The van der Waals surface area contributed by atoms with Gasteiger partial charge in [0.2, 0.25) is 0 Å². The molecule has 5 nitrogen and oxygen atoms in total. The maximum Gasteiger partial charge on any atom is 0.268 e. The molecule has 3 aromatic rings. The third-order valence-electron chi connectivity index (χ3n) is 5.46. The number of aromatic nitrogens is 2. The van der Waals surface area contributed by atoms with E-state index in [1.54, 1.807) is 17.7 Å². The Balaban J connectivity index is 1.85. The van der Waals surface area contributed by atoms with Crippen LogP contribution in [0.2, 0.25) is 0 Å². The van der Waals surface area contributed by atoms with E-state index in [1.807, 2.05) is 35.9 Å². The number of para-hydroxylation sites is 1. The zero-order valence-corrected chi connectivity index (χ0v) is 14.7. The van der Waals surface area contributed by atoms with Crippen LogP contribution in [0.25, 0.3) is 21.8 Å². The van der Waals surface area contributed by atoms with Gasteiger partial charge in [-0.1, -0.05) is 37.5 Å². The summed E-state index contributed by atoms with van der Waals surface area (Å²) in [6.07, 6.45) is 5.68. The van der Waals surface area contributed by atoms with Crippen LogP contribution < -0.4 is 10.9 Å². The Hall–Kier alpha value is -2.56. The highest BCUT2D eigenvalue weighted by Gasteiger charge is 2.21. The predicted molar refractivity (Wildman–Crippen MR) is 100 cm³/mol. The molecule has 25 heavy (non-hydrogen) atoms. The van der Waals surface area contributed by atoms with Crippen LogP contribution in [0, 0.1) is 0 Å². The number of fused-ring (bicyclic) bond motifs is 3. The Morgan fingerprint density at radius 2 is 1.76 bits per heavy atom. The van der Waals surface area contributed by atoms with Gasteiger partial charge < -0.3 is 14.5 Å². The molecule has 1 fully saturated rings. The summed E-state index contributed by atoms with van der Waals surface area (Å²) >= 11 is 0. The van der Waals surface area contributed by atoms with Crippen molar-refractivity contribution >= 4 is 27.7 Å². The number of nitrogens with one attached hydrogen (secondary N) is 1. The number of hydrogen-bond acceptors (Lipinski definition) is 2. The van der Waals surface area contributed by atoms with Gasteiger partial charge in [0.1, 0.15) is 5.69 Å². The molecule has 1 aromatic carbocycles. The lowest BCUT2D eigenvalue weighted by Gasteiger charge is -2.22. The highest BCUT2D eigenvalue weighted by molar-refractivity contribution is 6.08. The molecule has 2 heterocycles. The Bertz CT molecular complexity index is 1020. The first-order valence-corrected chi connectivity index (χ1v) is 8.96. The molecule has 130 valence electrons. The van der Waals surface area contributed by atoms with Crippen molar-refractivity contribution in [3.05, 3.63) is 46.4 Å². The second kappa shape index (κ2) is 6.06. The van der Waals surface area contributed by atoms with Crippen molar-refractivity contribution in [1.82, 2.24) is 14.5 Å². The second-order valence-corrected chi connectivity index (χ2v) is 7.04. The van der Waals surface area contributed by atoms with Crippen LogP contribution in [-0.2, 0) is 14.1 Å². The Labute approximate surface area is 146 Å². The summed E-state index contributed by atoms with van der Waals surface area (Å²) < 4.78 is 3.51. The minimum absolute atomic E-state index is 0.0685. The standard InChI is InChI=1S/C20H23N3O2/c1-22-17(19(24)21-13-8-4-3-5-9-13)12-15-18(22)14-10-6-7-11-16(14)23(2)20(15)25/h6-7,10-13H,3-5,8-9H2,1-2H3,(H,21,24). The minimum atomic E-state index is -0.0864. The number of pyridine rings is 1. The zero-order valence-electron chi connectivity index (χ0n) is 14.7. The summed E-state index contributed by atoms with van der Waals surface area (Å²) in [6, 6.07) is 9.81. The van der Waals surface area contributed by atoms with Crippen LogP contribution in [0.4, 0.5) is 0 Å². The largest absolute Gasteiger partial charge is 0.348 e. The molecule has 2 aromatic heterocycles. The van der Waals surface area contributed by atoms with E-state index in [0.717, 1.165) is 29.3 Å². The molecule has 1 aliphatic rings. The molecule has 0 bridgehead atoms. The molecule has 5 heteroatoms. The predicted octanol–water partition coefficient (Wildman–Crippen LogP) is 3.09. The minimum Gasteiger partial charge on any atom is -0.348 e. The average molecular weight is 337 g/mol. The van der Waals surface area contributed by atoms with Gasteiger partial charge in [-0.25, -0.2) is 0 Å². The van der Waals surface area contributed by atoms with E-state index in [2.05, 4.69) is 5.32 Å². The third-order valence-corrected chi connectivity index (χ3v) is 5.46. The van der Waals surface area contributed by atoms with Crippen LogP contribution in [0.15, 0.2) is 35.1 Å². The number of aryl methyl sites for hydroxylation is 2. The number of benzene rings is 1. The van der Waals surface area contributed by atoms with Crippen molar-refractivity contribution in [2.75, 3.05) is 0 Å². The van der Waals surface area contributed by atoms with Gasteiger partial charge in [0.15, 0.2) is 0 Å². The van der Waals surface area contributed by atoms with E-state index < -0.39 is 0 Å². The van der Waals surface area contributed by atoms with Crippen molar-refractivity contribution in [2.24, 2.45) is 14.1 Å². The van der Waals surface area contributed by atoms with Crippen molar-refractivity contribution < 1.29 is 4.79 Å². The summed E-state index contributed by atoms with van der Waals surface area (Å²) in [7, 11) is 3.64. The van der Waals surface area contributed by atoms with Gasteiger partial charge in [-0.3, -0.25) is 9.59 Å². The maximum atomic E-state index is 12.8. The molecule has 1 aliphatic carbocycles. The van der Waals surface area contributed by atoms with Gasteiger partial charge in [0.25, 0.3) is 11.5 Å². The summed E-state index contributed by atoms with van der Waals surface area (Å²) in [5.41, 5.74) is 2.18. The zero-order chi connectivity index (χ0) is 17.6. The van der Waals surface area contributed by atoms with Crippen LogP contribution in [0.3, 0.4) is 0 Å². The summed E-state index contributed by atoms with van der Waals surface area (Å²) in [4.78, 5) is 25.5. The third kappa shape index (κ3) is 2.54. The van der Waals surface area contributed by atoms with Gasteiger partial charge in [-0.15, -0.1) is 0 Å². The number of carbonyl (C=O) groups is 1. The Morgan fingerprint density at radius 3 is 2.52 bits per heavy atom. The first kappa shape index (κ1) is 15.9. The highest BCUT2D eigenvalue weighted by atomic mass is 16.2. The van der Waals surface area contributed by atoms with Gasteiger partial charge in [-0.2, -0.15) is 0 Å². The van der Waals surface area contributed by atoms with Crippen LogP contribution in [-0.4, -0.2) is 21.1 Å². The van der Waals surface area contributed by atoms with E-state index in [9.17, 15) is 9.59 Å². The van der Waals surface area contributed by atoms with Gasteiger partial charge >= 0.3 is 0 Å². The van der Waals surface area contributed by atoms with Crippen LogP contribution >= 0.6 is 0 Å². The summed E-state index contributed by atoms with van der Waals surface area (Å²) in [6.45, 7) is 0. The lowest BCUT2D eigenvalue weighted by atomic mass is 9.95. The molecule has 1 N–H and O–H groups in total. The molecule has 0 spiro atoms. The van der Waals surface area contributed by atoms with Gasteiger partial charge in [0.05, 0.1) is 16.4 Å². The van der Waals surface area contributed by atoms with Crippen molar-refractivity contribution in [1.29, 1.82) is 0 Å². The SMILES string of the molecule is Cn1c(C(=O)NC2CCCCC2)cc2c(=O)n(C)c3ccccc3c21. The van der Waals surface area contributed by atoms with Gasteiger partial charge in [-0.05, 0) is 25.0 Å². The molecular formula is C20H23N3O2. The van der Waals surface area contributed by atoms with E-state index in [4.69, 9.17) is 0 Å². The first-order chi connectivity index (χ1) is 12.1. The topological polar surface area (TPSA) is 56.0 Å². The van der Waals surface area contributed by atoms with Crippen LogP contribution in [0.5, 0.6) is 0 Å². The molecule has 0 atom stereocenters. The van der Waals surface area contributed by atoms with Crippen molar-refractivity contribution in [3.63, 3.8) is 0 Å². The molecule has 0 unspecified atom stereocenters. The maximum absolute atomic E-state index is 12.8. The number of rotatable bonds is 2. The van der Waals surface area contributed by atoms with E-state index >= 15 is 0 Å². The first-order valence-electron chi connectivity index (χ1n) is 8.96. The van der Waals surface area contributed by atoms with Crippen molar-refractivity contribution in [3.8, 4) is 0 Å². The monoisotopic (exact) mass is 337 g/mol. The lowest BCUT2D eigenvalue weighted by molar-refractivity contribution is 0.0920. The quantitative estimate of drug-likeness (QED) is 0.781. The van der Waals surface area contributed by atoms with E-state index in [0.29, 0.717) is 11.1 Å². The molecule has 0 aliphatic heterocycles. The fraction of sp³-hybridized carbons (Fsp3) is 0.400. The normalized spacial score (nSPS) is 15.8. The summed E-state index contributed by atoms with van der Waals surface area (Å²) in [5, 5.41) is 4.73. The van der Waals surface area contributed by atoms with Crippen LogP contribution in [0.1, 0.15) is 42.6 Å². The second-order valence-electron chi connectivity index (χ2n) is 7.04. The van der Waals surface area contributed by atoms with Crippen molar-refractivity contribution in [2.45, 2.75) is 38.1 Å². The fourth-order valence-corrected chi connectivity index (χ4v) is 4.07. The smallest absolute Gasteiger partial charge is 0.268 e. The number of carbonyl (C=O) groups excluding carboxylic acids is 1.